The van der Waals surface area contributed by atoms with Crippen molar-refractivity contribution in [3.63, 3.8) is 0 Å². The van der Waals surface area contributed by atoms with E-state index in [1.165, 1.54) is 0 Å². The van der Waals surface area contributed by atoms with Crippen LogP contribution in [0.4, 0.5) is 0 Å². The summed E-state index contributed by atoms with van der Waals surface area (Å²) in [5.74, 6) is 0.143. The molecule has 1 saturated heterocycles. The van der Waals surface area contributed by atoms with Gasteiger partial charge in [-0.25, -0.2) is 0 Å². The van der Waals surface area contributed by atoms with Crippen molar-refractivity contribution in [2.45, 2.75) is 20.0 Å². The van der Waals surface area contributed by atoms with Crippen LogP contribution in [0.1, 0.15) is 22.8 Å². The standard InChI is InChI=1S/C12H16ClNO2/c1-7-5-9(15)12(13)8(2)11(7)10-6-14-3-4-16-10/h5,10,14-15H,3-4,6H2,1-2H3. The molecule has 4 heteroatoms. The summed E-state index contributed by atoms with van der Waals surface area (Å²) in [5, 5.41) is 13.3. The Morgan fingerprint density at radius 3 is 2.88 bits per heavy atom. The Bertz CT molecular complexity index is 400. The van der Waals surface area contributed by atoms with Crippen molar-refractivity contribution in [3.05, 3.63) is 27.8 Å². The molecule has 1 atom stereocenters. The molecule has 3 nitrogen and oxygen atoms in total. The molecule has 1 aliphatic heterocycles. The third-order valence-corrected chi connectivity index (χ3v) is 3.46. The van der Waals surface area contributed by atoms with E-state index < -0.39 is 0 Å². The van der Waals surface area contributed by atoms with Crippen molar-refractivity contribution in [2.24, 2.45) is 0 Å². The summed E-state index contributed by atoms with van der Waals surface area (Å²) >= 11 is 6.05. The first kappa shape index (κ1) is 11.7. The molecule has 0 saturated carbocycles. The largest absolute Gasteiger partial charge is 0.506 e. The lowest BCUT2D eigenvalue weighted by Gasteiger charge is -2.27. The van der Waals surface area contributed by atoms with E-state index in [1.54, 1.807) is 6.07 Å². The van der Waals surface area contributed by atoms with E-state index in [9.17, 15) is 5.11 Å². The second-order valence-corrected chi connectivity index (χ2v) is 4.51. The molecule has 1 unspecified atom stereocenters. The zero-order valence-corrected chi connectivity index (χ0v) is 10.3. The number of phenols is 1. The highest BCUT2D eigenvalue weighted by Gasteiger charge is 2.22. The fourth-order valence-electron chi connectivity index (χ4n) is 2.20. The van der Waals surface area contributed by atoms with Crippen molar-refractivity contribution in [2.75, 3.05) is 19.7 Å². The second kappa shape index (κ2) is 4.62. The lowest BCUT2D eigenvalue weighted by Crippen LogP contribution is -2.34. The molecule has 1 fully saturated rings. The van der Waals surface area contributed by atoms with Gasteiger partial charge in [0.05, 0.1) is 17.7 Å². The summed E-state index contributed by atoms with van der Waals surface area (Å²) < 4.78 is 5.72. The summed E-state index contributed by atoms with van der Waals surface area (Å²) in [7, 11) is 0. The number of hydrogen-bond acceptors (Lipinski definition) is 3. The molecule has 0 spiro atoms. The smallest absolute Gasteiger partial charge is 0.134 e. The second-order valence-electron chi connectivity index (χ2n) is 4.13. The highest BCUT2D eigenvalue weighted by molar-refractivity contribution is 6.32. The molecule has 1 aliphatic rings. The third kappa shape index (κ3) is 2.03. The van der Waals surface area contributed by atoms with Gasteiger partial charge in [-0.1, -0.05) is 11.6 Å². The third-order valence-electron chi connectivity index (χ3n) is 2.99. The lowest BCUT2D eigenvalue weighted by molar-refractivity contribution is 0.0269. The fourth-order valence-corrected chi connectivity index (χ4v) is 2.35. The molecular weight excluding hydrogens is 226 g/mol. The van der Waals surface area contributed by atoms with Crippen LogP contribution in [0.3, 0.4) is 0 Å². The Morgan fingerprint density at radius 2 is 2.25 bits per heavy atom. The highest BCUT2D eigenvalue weighted by atomic mass is 35.5. The maximum Gasteiger partial charge on any atom is 0.134 e. The van der Waals surface area contributed by atoms with E-state index in [-0.39, 0.29) is 11.9 Å². The predicted molar refractivity (Wildman–Crippen MR) is 64.2 cm³/mol. The normalized spacial score (nSPS) is 21.1. The number of rotatable bonds is 1. The summed E-state index contributed by atoms with van der Waals surface area (Å²) in [4.78, 5) is 0. The van der Waals surface area contributed by atoms with Gasteiger partial charge < -0.3 is 15.2 Å². The van der Waals surface area contributed by atoms with Crippen LogP contribution in [-0.4, -0.2) is 24.8 Å². The van der Waals surface area contributed by atoms with Gasteiger partial charge in [0.25, 0.3) is 0 Å². The Kier molecular flexibility index (Phi) is 3.38. The molecule has 0 radical (unpaired) electrons. The van der Waals surface area contributed by atoms with E-state index in [1.807, 2.05) is 13.8 Å². The van der Waals surface area contributed by atoms with Crippen LogP contribution >= 0.6 is 11.6 Å². The van der Waals surface area contributed by atoms with Crippen molar-refractivity contribution >= 4 is 11.6 Å². The van der Waals surface area contributed by atoms with Gasteiger partial charge >= 0.3 is 0 Å². The van der Waals surface area contributed by atoms with Gasteiger partial charge in [-0.05, 0) is 36.6 Å². The molecule has 88 valence electrons. The average Bonchev–Trinajstić information content (AvgIpc) is 2.28. The molecule has 0 aliphatic carbocycles. The lowest BCUT2D eigenvalue weighted by atomic mass is 9.96. The Hall–Kier alpha value is -0.770. The van der Waals surface area contributed by atoms with E-state index in [0.717, 1.165) is 29.8 Å². The minimum absolute atomic E-state index is 0.0341. The van der Waals surface area contributed by atoms with Crippen LogP contribution in [0.25, 0.3) is 0 Å². The van der Waals surface area contributed by atoms with Crippen LogP contribution in [0.5, 0.6) is 5.75 Å². The Balaban J connectivity index is 2.42. The van der Waals surface area contributed by atoms with Crippen molar-refractivity contribution in [3.8, 4) is 5.75 Å². The fraction of sp³-hybridized carbons (Fsp3) is 0.500. The zero-order valence-electron chi connectivity index (χ0n) is 9.51. The number of halogens is 1. The molecular formula is C12H16ClNO2. The minimum atomic E-state index is 0.0341. The molecule has 1 aromatic rings. The van der Waals surface area contributed by atoms with Gasteiger partial charge in [0.2, 0.25) is 0 Å². The van der Waals surface area contributed by atoms with Crippen LogP contribution in [0.15, 0.2) is 6.07 Å². The van der Waals surface area contributed by atoms with Gasteiger partial charge in [0.1, 0.15) is 5.75 Å². The average molecular weight is 242 g/mol. The number of aromatic hydroxyl groups is 1. The first-order valence-electron chi connectivity index (χ1n) is 5.42. The summed E-state index contributed by atoms with van der Waals surface area (Å²) in [6.45, 7) is 6.28. The number of phenolic OH excluding ortho intramolecular Hbond substituents is 1. The zero-order chi connectivity index (χ0) is 11.7. The molecule has 2 rings (SSSR count). The van der Waals surface area contributed by atoms with Crippen molar-refractivity contribution in [1.29, 1.82) is 0 Å². The van der Waals surface area contributed by atoms with Gasteiger partial charge in [0, 0.05) is 13.1 Å². The number of hydrogen-bond donors (Lipinski definition) is 2. The van der Waals surface area contributed by atoms with E-state index in [0.29, 0.717) is 11.6 Å². The summed E-state index contributed by atoms with van der Waals surface area (Å²) in [6.07, 6.45) is 0.0341. The van der Waals surface area contributed by atoms with Crippen molar-refractivity contribution < 1.29 is 9.84 Å². The number of nitrogens with one attached hydrogen (secondary N) is 1. The van der Waals surface area contributed by atoms with E-state index >= 15 is 0 Å². The van der Waals surface area contributed by atoms with Gasteiger partial charge in [-0.15, -0.1) is 0 Å². The van der Waals surface area contributed by atoms with Crippen LogP contribution in [0, 0.1) is 13.8 Å². The van der Waals surface area contributed by atoms with Crippen LogP contribution in [0.2, 0.25) is 5.02 Å². The number of morpholine rings is 1. The predicted octanol–water partition coefficient (Wildman–Crippen LogP) is 2.32. The maximum atomic E-state index is 9.62. The maximum absolute atomic E-state index is 9.62. The Labute approximate surface area is 100 Å². The Morgan fingerprint density at radius 1 is 1.50 bits per heavy atom. The number of benzene rings is 1. The van der Waals surface area contributed by atoms with E-state index in [2.05, 4.69) is 5.32 Å². The van der Waals surface area contributed by atoms with Gasteiger partial charge in [-0.2, -0.15) is 0 Å². The van der Waals surface area contributed by atoms with E-state index in [4.69, 9.17) is 16.3 Å². The molecule has 1 heterocycles. The summed E-state index contributed by atoms with van der Waals surface area (Å²) in [5.41, 5.74) is 3.02. The molecule has 0 aromatic heterocycles. The summed E-state index contributed by atoms with van der Waals surface area (Å²) in [6, 6.07) is 1.70. The number of ether oxygens (including phenoxy) is 1. The molecule has 0 amide bonds. The molecule has 1 aromatic carbocycles. The van der Waals surface area contributed by atoms with Crippen LogP contribution in [-0.2, 0) is 4.74 Å². The quantitative estimate of drug-likeness (QED) is 0.793. The monoisotopic (exact) mass is 241 g/mol. The SMILES string of the molecule is Cc1cc(O)c(Cl)c(C)c1C1CNCCO1. The highest BCUT2D eigenvalue weighted by Crippen LogP contribution is 2.36. The van der Waals surface area contributed by atoms with Gasteiger partial charge in [0.15, 0.2) is 0 Å². The molecule has 0 bridgehead atoms. The first-order valence-corrected chi connectivity index (χ1v) is 5.80. The molecule has 2 N–H and O–H groups in total. The van der Waals surface area contributed by atoms with Gasteiger partial charge in [-0.3, -0.25) is 0 Å². The van der Waals surface area contributed by atoms with Crippen LogP contribution < -0.4 is 5.32 Å². The number of aryl methyl sites for hydroxylation is 1. The molecule has 16 heavy (non-hydrogen) atoms. The topological polar surface area (TPSA) is 41.5 Å². The first-order chi connectivity index (χ1) is 7.61. The minimum Gasteiger partial charge on any atom is -0.506 e. The van der Waals surface area contributed by atoms with Crippen molar-refractivity contribution in [1.82, 2.24) is 5.32 Å².